The third-order valence-corrected chi connectivity index (χ3v) is 2.80. The number of carboxylic acids is 1. The summed E-state index contributed by atoms with van der Waals surface area (Å²) in [5.41, 5.74) is 0.190. The number of nitrogens with zero attached hydrogens (tertiary/aromatic N) is 1. The molecular formula is C14H13NO5. The van der Waals surface area contributed by atoms with Gasteiger partial charge in [0.25, 0.3) is 5.69 Å². The molecule has 0 amide bonds. The molecule has 1 N–H and O–H groups in total. The van der Waals surface area contributed by atoms with Gasteiger partial charge in [0.2, 0.25) is 0 Å². The van der Waals surface area contributed by atoms with Crippen LogP contribution in [-0.4, -0.2) is 21.6 Å². The van der Waals surface area contributed by atoms with Gasteiger partial charge in [-0.1, -0.05) is 6.08 Å². The van der Waals surface area contributed by atoms with E-state index in [0.29, 0.717) is 11.3 Å². The Kier molecular flexibility index (Phi) is 3.31. The van der Waals surface area contributed by atoms with Gasteiger partial charge in [0.1, 0.15) is 11.4 Å². The van der Waals surface area contributed by atoms with Crippen molar-refractivity contribution in [3.63, 3.8) is 0 Å². The lowest BCUT2D eigenvalue weighted by Gasteiger charge is -2.27. The minimum absolute atomic E-state index is 0.188. The van der Waals surface area contributed by atoms with Crippen molar-refractivity contribution in [2.45, 2.75) is 19.4 Å². The molecule has 104 valence electrons. The van der Waals surface area contributed by atoms with E-state index in [4.69, 9.17) is 9.84 Å². The molecule has 1 heterocycles. The Morgan fingerprint density at radius 2 is 2.15 bits per heavy atom. The lowest BCUT2D eigenvalue weighted by Crippen LogP contribution is -2.27. The van der Waals surface area contributed by atoms with Crippen molar-refractivity contribution in [3.8, 4) is 5.75 Å². The number of rotatable bonds is 3. The topological polar surface area (TPSA) is 89.7 Å². The van der Waals surface area contributed by atoms with E-state index in [9.17, 15) is 14.9 Å². The third-order valence-electron chi connectivity index (χ3n) is 2.80. The summed E-state index contributed by atoms with van der Waals surface area (Å²) in [5.74, 6) is -0.749. The van der Waals surface area contributed by atoms with Crippen molar-refractivity contribution in [2.24, 2.45) is 0 Å². The second-order valence-electron chi connectivity index (χ2n) is 4.92. The first-order valence-corrected chi connectivity index (χ1v) is 5.90. The SMILES string of the molecule is CC1(C)C=Cc2cc(/C=C/C(=O)O)c([N+](=O)[O-])cc2O1. The van der Waals surface area contributed by atoms with Gasteiger partial charge in [-0.2, -0.15) is 0 Å². The molecule has 0 spiro atoms. The summed E-state index contributed by atoms with van der Waals surface area (Å²) in [6.07, 6.45) is 5.72. The third kappa shape index (κ3) is 2.85. The fraction of sp³-hybridized carbons (Fsp3) is 0.214. The van der Waals surface area contributed by atoms with Crippen molar-refractivity contribution >= 4 is 23.8 Å². The Balaban J connectivity index is 2.54. The monoisotopic (exact) mass is 275 g/mol. The minimum atomic E-state index is -1.16. The normalized spacial score (nSPS) is 15.7. The van der Waals surface area contributed by atoms with E-state index in [0.717, 1.165) is 6.08 Å². The number of carbonyl (C=O) groups is 1. The van der Waals surface area contributed by atoms with Gasteiger partial charge in [0.05, 0.1) is 16.6 Å². The zero-order valence-corrected chi connectivity index (χ0v) is 11.0. The molecule has 1 aromatic carbocycles. The maximum absolute atomic E-state index is 11.1. The predicted molar refractivity (Wildman–Crippen MR) is 73.5 cm³/mol. The smallest absolute Gasteiger partial charge is 0.328 e. The van der Waals surface area contributed by atoms with Gasteiger partial charge in [-0.25, -0.2) is 4.79 Å². The number of benzene rings is 1. The molecule has 0 radical (unpaired) electrons. The molecule has 0 saturated heterocycles. The number of aliphatic carboxylic acids is 1. The minimum Gasteiger partial charge on any atom is -0.483 e. The number of ether oxygens (including phenoxy) is 1. The van der Waals surface area contributed by atoms with E-state index < -0.39 is 16.5 Å². The molecule has 6 heteroatoms. The Morgan fingerprint density at radius 3 is 2.75 bits per heavy atom. The van der Waals surface area contributed by atoms with E-state index in [-0.39, 0.29) is 11.3 Å². The molecule has 20 heavy (non-hydrogen) atoms. The van der Waals surface area contributed by atoms with Crippen molar-refractivity contribution in [2.75, 3.05) is 0 Å². The Labute approximate surface area is 115 Å². The molecular weight excluding hydrogens is 262 g/mol. The highest BCUT2D eigenvalue weighted by Crippen LogP contribution is 2.36. The number of fused-ring (bicyclic) bond motifs is 1. The summed E-state index contributed by atoms with van der Waals surface area (Å²) in [7, 11) is 0. The summed E-state index contributed by atoms with van der Waals surface area (Å²) in [4.78, 5) is 21.0. The maximum Gasteiger partial charge on any atom is 0.328 e. The fourth-order valence-corrected chi connectivity index (χ4v) is 1.88. The van der Waals surface area contributed by atoms with Gasteiger partial charge in [-0.05, 0) is 32.1 Å². The van der Waals surface area contributed by atoms with Crippen molar-refractivity contribution < 1.29 is 19.6 Å². The van der Waals surface area contributed by atoms with Gasteiger partial charge in [0, 0.05) is 11.6 Å². The molecule has 0 saturated carbocycles. The van der Waals surface area contributed by atoms with Crippen LogP contribution in [0.3, 0.4) is 0 Å². The first kappa shape index (κ1) is 13.8. The summed E-state index contributed by atoms with van der Waals surface area (Å²) < 4.78 is 5.66. The number of carboxylic acid groups (broad SMARTS) is 1. The van der Waals surface area contributed by atoms with Gasteiger partial charge in [0.15, 0.2) is 0 Å². The van der Waals surface area contributed by atoms with E-state index in [1.54, 1.807) is 12.1 Å². The molecule has 0 aliphatic carbocycles. The van der Waals surface area contributed by atoms with Crippen molar-refractivity contribution in [3.05, 3.63) is 45.5 Å². The van der Waals surface area contributed by atoms with Crippen LogP contribution in [0.5, 0.6) is 5.75 Å². The van der Waals surface area contributed by atoms with Gasteiger partial charge >= 0.3 is 5.97 Å². The molecule has 6 nitrogen and oxygen atoms in total. The van der Waals surface area contributed by atoms with E-state index in [1.165, 1.54) is 12.1 Å². The molecule has 0 unspecified atom stereocenters. The molecule has 0 atom stereocenters. The molecule has 0 fully saturated rings. The molecule has 2 rings (SSSR count). The second kappa shape index (κ2) is 4.80. The Hall–Kier alpha value is -2.63. The summed E-state index contributed by atoms with van der Waals surface area (Å²) >= 11 is 0. The van der Waals surface area contributed by atoms with Crippen LogP contribution < -0.4 is 4.74 Å². The largest absolute Gasteiger partial charge is 0.483 e. The number of hydrogen-bond acceptors (Lipinski definition) is 4. The summed E-state index contributed by atoms with van der Waals surface area (Å²) in [5, 5.41) is 19.7. The van der Waals surface area contributed by atoms with Crippen LogP contribution in [0.4, 0.5) is 5.69 Å². The van der Waals surface area contributed by atoms with Crippen LogP contribution in [0.2, 0.25) is 0 Å². The summed E-state index contributed by atoms with van der Waals surface area (Å²) in [6.45, 7) is 3.69. The predicted octanol–water partition coefficient (Wildman–Crippen LogP) is 2.88. The van der Waals surface area contributed by atoms with Crippen LogP contribution in [0.15, 0.2) is 24.3 Å². The first-order chi connectivity index (χ1) is 9.28. The van der Waals surface area contributed by atoms with Crippen LogP contribution in [0, 0.1) is 10.1 Å². The average Bonchev–Trinajstić information content (AvgIpc) is 2.34. The molecule has 1 aromatic rings. The van der Waals surface area contributed by atoms with Gasteiger partial charge in [-0.15, -0.1) is 0 Å². The lowest BCUT2D eigenvalue weighted by molar-refractivity contribution is -0.385. The Bertz CT molecular complexity index is 643. The highest BCUT2D eigenvalue weighted by Gasteiger charge is 2.25. The van der Waals surface area contributed by atoms with Crippen LogP contribution in [0.1, 0.15) is 25.0 Å². The quantitative estimate of drug-likeness (QED) is 0.520. The fourth-order valence-electron chi connectivity index (χ4n) is 1.88. The second-order valence-corrected chi connectivity index (χ2v) is 4.92. The Morgan fingerprint density at radius 1 is 1.45 bits per heavy atom. The zero-order valence-electron chi connectivity index (χ0n) is 11.0. The number of nitro benzene ring substituents is 1. The van der Waals surface area contributed by atoms with Gasteiger partial charge < -0.3 is 9.84 Å². The van der Waals surface area contributed by atoms with Crippen molar-refractivity contribution in [1.29, 1.82) is 0 Å². The van der Waals surface area contributed by atoms with E-state index in [1.807, 2.05) is 19.9 Å². The standard InChI is InChI=1S/C14H13NO5/c1-14(2)6-5-10-7-9(3-4-13(16)17)11(15(18)19)8-12(10)20-14/h3-8H,1-2H3,(H,16,17)/b4-3+. The highest BCUT2D eigenvalue weighted by molar-refractivity contribution is 5.87. The van der Waals surface area contributed by atoms with Crippen LogP contribution in [-0.2, 0) is 4.79 Å². The van der Waals surface area contributed by atoms with E-state index >= 15 is 0 Å². The van der Waals surface area contributed by atoms with Gasteiger partial charge in [-0.3, -0.25) is 10.1 Å². The first-order valence-electron chi connectivity index (χ1n) is 5.90. The molecule has 1 aliphatic heterocycles. The highest BCUT2D eigenvalue weighted by atomic mass is 16.6. The lowest BCUT2D eigenvalue weighted by atomic mass is 9.99. The molecule has 0 bridgehead atoms. The molecule has 0 aromatic heterocycles. The average molecular weight is 275 g/mol. The number of hydrogen-bond donors (Lipinski definition) is 1. The zero-order chi connectivity index (χ0) is 14.9. The van der Waals surface area contributed by atoms with E-state index in [2.05, 4.69) is 0 Å². The number of nitro groups is 1. The molecule has 1 aliphatic rings. The summed E-state index contributed by atoms with van der Waals surface area (Å²) in [6, 6.07) is 2.86. The maximum atomic E-state index is 11.1. The van der Waals surface area contributed by atoms with Crippen LogP contribution >= 0.6 is 0 Å². The van der Waals surface area contributed by atoms with Crippen molar-refractivity contribution in [1.82, 2.24) is 0 Å². The van der Waals surface area contributed by atoms with Crippen LogP contribution in [0.25, 0.3) is 12.2 Å².